The summed E-state index contributed by atoms with van der Waals surface area (Å²) < 4.78 is 0. The van der Waals surface area contributed by atoms with Gasteiger partial charge in [0, 0.05) is 0 Å². The Kier molecular flexibility index (Phi) is 12.0. The van der Waals surface area contributed by atoms with Crippen LogP contribution in [0.4, 0.5) is 0 Å². The quantitative estimate of drug-likeness (QED) is 0.124. The van der Waals surface area contributed by atoms with E-state index in [-0.39, 0.29) is 0 Å². The van der Waals surface area contributed by atoms with E-state index in [4.69, 9.17) is 17.0 Å². The van der Waals surface area contributed by atoms with Gasteiger partial charge >= 0.3 is 37.9 Å². The van der Waals surface area contributed by atoms with E-state index in [0.717, 1.165) is 15.9 Å². The molecule has 6 rings (SSSR count). The van der Waals surface area contributed by atoms with E-state index in [2.05, 4.69) is 119 Å². The van der Waals surface area contributed by atoms with Crippen LogP contribution in [0.1, 0.15) is 63.1 Å². The molecule has 4 heteroatoms. The first-order valence-corrected chi connectivity index (χ1v) is 21.5. The molecule has 0 atom stereocenters. The van der Waals surface area contributed by atoms with Crippen LogP contribution in [-0.4, -0.2) is 9.52 Å². The smallest absolute Gasteiger partial charge is 0.0920 e. The van der Waals surface area contributed by atoms with Crippen molar-refractivity contribution in [1.29, 1.82) is 0 Å². The van der Waals surface area contributed by atoms with Gasteiger partial charge in [0.25, 0.3) is 0 Å². The van der Waals surface area contributed by atoms with Crippen molar-refractivity contribution in [3.8, 4) is 22.3 Å². The van der Waals surface area contributed by atoms with Gasteiger partial charge in [0.2, 0.25) is 0 Å². The van der Waals surface area contributed by atoms with Gasteiger partial charge in [-0.3, -0.25) is 0 Å². The second-order valence-electron chi connectivity index (χ2n) is 10.4. The van der Waals surface area contributed by atoms with Crippen molar-refractivity contribution < 1.29 is 20.8 Å². The monoisotopic (exact) mass is 656 g/mol. The largest absolute Gasteiger partial charge is 0.184 e. The summed E-state index contributed by atoms with van der Waals surface area (Å²) >= 11 is -0.826. The van der Waals surface area contributed by atoms with Crippen LogP contribution in [0.2, 0.25) is 0 Å². The van der Waals surface area contributed by atoms with Crippen LogP contribution >= 0.6 is 17.0 Å². The fourth-order valence-electron chi connectivity index (χ4n) is 5.47. The van der Waals surface area contributed by atoms with Crippen LogP contribution in [0.15, 0.2) is 91.0 Å². The average Bonchev–Trinajstić information content (AvgIpc) is 3.57. The molecule has 0 N–H and O–H groups in total. The fourth-order valence-corrected chi connectivity index (χ4v) is 6.78. The van der Waals surface area contributed by atoms with Gasteiger partial charge in [-0.05, 0) is 29.9 Å². The Morgan fingerprint density at radius 1 is 0.875 bits per heavy atom. The topological polar surface area (TPSA) is 0 Å². The van der Waals surface area contributed by atoms with Crippen molar-refractivity contribution >= 4 is 47.7 Å². The molecule has 40 heavy (non-hydrogen) atoms. The van der Waals surface area contributed by atoms with Crippen LogP contribution in [0, 0.1) is 6.07 Å². The maximum atomic E-state index is 4.93. The summed E-state index contributed by atoms with van der Waals surface area (Å²) in [6, 6.07) is 36.6. The third-order valence-corrected chi connectivity index (χ3v) is 8.79. The number of rotatable bonds is 6. The van der Waals surface area contributed by atoms with Crippen molar-refractivity contribution in [3.05, 3.63) is 114 Å². The minimum atomic E-state index is -0.826. The predicted octanol–water partition coefficient (Wildman–Crippen LogP) is 9.75. The van der Waals surface area contributed by atoms with Crippen molar-refractivity contribution in [2.45, 2.75) is 59.3 Å². The van der Waals surface area contributed by atoms with Crippen molar-refractivity contribution in [2.24, 2.45) is 0 Å². The standard InChI is InChI=1S/C24H29.C12H7Si.2ClH.Zr/c1-5-7-10-18-15-20-13-14-21(17(3)4)24(23(20)16-18)22-12-9-8-11-19(22)6-2;1-3-7-11-9(5-1)10-6-2-4-8-12(10)13-11;;;/h8-9,11-17H,5-7,10H2,1-4H3;1-7H;2*1H;/q2*-1;;;+4/p-2. The van der Waals surface area contributed by atoms with Crippen molar-refractivity contribution in [2.75, 3.05) is 0 Å². The molecule has 1 heterocycles. The molecule has 1 aliphatic rings. The summed E-state index contributed by atoms with van der Waals surface area (Å²) in [7, 11) is 10.7. The van der Waals surface area contributed by atoms with Gasteiger partial charge in [-0.15, -0.1) is 40.1 Å². The first-order chi connectivity index (χ1) is 19.5. The van der Waals surface area contributed by atoms with Gasteiger partial charge in [-0.1, -0.05) is 111 Å². The fraction of sp³-hybridized carbons (Fsp3) is 0.250. The molecular formula is C36H36Cl2SiZr. The molecule has 0 bridgehead atoms. The molecule has 0 unspecified atom stereocenters. The third-order valence-electron chi connectivity index (χ3n) is 7.42. The summed E-state index contributed by atoms with van der Waals surface area (Å²) in [5.74, 6) is 0.531. The van der Waals surface area contributed by atoms with Crippen LogP contribution in [0.25, 0.3) is 33.0 Å². The zero-order chi connectivity index (χ0) is 28.5. The Labute approximate surface area is 262 Å². The summed E-state index contributed by atoms with van der Waals surface area (Å²) in [6.07, 6.45) is 4.79. The SMILES string of the molecule is CCCCc1cc2c(-c3ccccc3CC)c(C(C)C)ccc2[cH-]1.[Cl][Zr+2][Cl].[c-]1cccc2c1[Si]c1ccccc1-2. The molecular weight excluding hydrogens is 623 g/mol. The molecule has 0 aliphatic carbocycles. The molecule has 0 fully saturated rings. The van der Waals surface area contributed by atoms with Crippen LogP contribution < -0.4 is 10.4 Å². The minimum absolute atomic E-state index is 0.531. The molecule has 0 amide bonds. The summed E-state index contributed by atoms with van der Waals surface area (Å²) in [4.78, 5) is 0. The number of halogens is 2. The normalized spacial score (nSPS) is 11.2. The number of unbranched alkanes of at least 4 members (excludes halogenated alkanes) is 1. The van der Waals surface area contributed by atoms with E-state index in [0.29, 0.717) is 5.92 Å². The van der Waals surface area contributed by atoms with Crippen LogP contribution in [0.3, 0.4) is 0 Å². The Balaban J connectivity index is 0.000000192. The summed E-state index contributed by atoms with van der Waals surface area (Å²) in [5.41, 5.74) is 10.1. The molecule has 0 nitrogen and oxygen atoms in total. The van der Waals surface area contributed by atoms with E-state index >= 15 is 0 Å². The molecule has 0 spiro atoms. The average molecular weight is 659 g/mol. The zero-order valence-electron chi connectivity index (χ0n) is 23.8. The molecule has 0 saturated heterocycles. The number of benzene rings is 4. The van der Waals surface area contributed by atoms with Gasteiger partial charge in [0.05, 0.1) is 9.52 Å². The first-order valence-electron chi connectivity index (χ1n) is 14.2. The third kappa shape index (κ3) is 7.32. The second kappa shape index (κ2) is 15.4. The molecule has 1 aliphatic heterocycles. The Hall–Kier alpha value is -1.83. The molecule has 0 aromatic heterocycles. The molecule has 0 saturated carbocycles. The van der Waals surface area contributed by atoms with Crippen LogP contribution in [-0.2, 0) is 33.7 Å². The molecule has 5 aromatic carbocycles. The Morgan fingerprint density at radius 2 is 1.57 bits per heavy atom. The van der Waals surface area contributed by atoms with Crippen molar-refractivity contribution in [3.63, 3.8) is 0 Å². The van der Waals surface area contributed by atoms with Gasteiger partial charge < -0.3 is 0 Å². The number of fused-ring (bicyclic) bond motifs is 4. The molecule has 2 radical (unpaired) electrons. The summed E-state index contributed by atoms with van der Waals surface area (Å²) in [6.45, 7) is 9.13. The van der Waals surface area contributed by atoms with Gasteiger partial charge in [0.15, 0.2) is 0 Å². The minimum Gasteiger partial charge on any atom is -0.184 e. The van der Waals surface area contributed by atoms with E-state index in [1.54, 1.807) is 0 Å². The Morgan fingerprint density at radius 3 is 2.30 bits per heavy atom. The Bertz CT molecular complexity index is 1490. The maximum absolute atomic E-state index is 4.93. The number of hydrogen-bond acceptors (Lipinski definition) is 0. The van der Waals surface area contributed by atoms with Gasteiger partial charge in [-0.2, -0.15) is 35.5 Å². The zero-order valence-corrected chi connectivity index (χ0v) is 28.8. The first kappa shape index (κ1) is 31.1. The van der Waals surface area contributed by atoms with E-state index in [1.807, 2.05) is 6.07 Å². The molecule has 202 valence electrons. The van der Waals surface area contributed by atoms with Gasteiger partial charge in [0.1, 0.15) is 0 Å². The van der Waals surface area contributed by atoms with E-state index in [1.165, 1.54) is 79.4 Å². The van der Waals surface area contributed by atoms with Gasteiger partial charge in [-0.25, -0.2) is 0 Å². The van der Waals surface area contributed by atoms with Crippen LogP contribution in [0.5, 0.6) is 0 Å². The van der Waals surface area contributed by atoms with E-state index < -0.39 is 20.8 Å². The predicted molar refractivity (Wildman–Crippen MR) is 174 cm³/mol. The maximum Gasteiger partial charge on any atom is 0.0920 e. The summed E-state index contributed by atoms with van der Waals surface area (Å²) in [5, 5.41) is 5.66. The van der Waals surface area contributed by atoms with E-state index in [9.17, 15) is 0 Å². The number of aryl methyl sites for hydroxylation is 2. The number of hydrogen-bond donors (Lipinski definition) is 0. The van der Waals surface area contributed by atoms with Crippen molar-refractivity contribution in [1.82, 2.24) is 0 Å². The second-order valence-corrected chi connectivity index (χ2v) is 15.4. The molecule has 5 aromatic rings.